The van der Waals surface area contributed by atoms with Gasteiger partial charge in [0, 0.05) is 30.9 Å². The molecule has 0 spiro atoms. The lowest BCUT2D eigenvalue weighted by Crippen LogP contribution is -2.29. The number of imidazole rings is 1. The van der Waals surface area contributed by atoms with Gasteiger partial charge in [0.25, 0.3) is 0 Å². The van der Waals surface area contributed by atoms with Gasteiger partial charge in [0.2, 0.25) is 5.91 Å². The van der Waals surface area contributed by atoms with E-state index in [-0.39, 0.29) is 5.91 Å². The summed E-state index contributed by atoms with van der Waals surface area (Å²) in [5.74, 6) is 1.31. The molecule has 1 N–H and O–H groups in total. The van der Waals surface area contributed by atoms with Gasteiger partial charge in [0.15, 0.2) is 0 Å². The van der Waals surface area contributed by atoms with Crippen molar-refractivity contribution in [2.24, 2.45) is 7.05 Å². The van der Waals surface area contributed by atoms with Crippen molar-refractivity contribution in [3.05, 3.63) is 72.2 Å². The van der Waals surface area contributed by atoms with Crippen LogP contribution in [-0.4, -0.2) is 22.6 Å². The zero-order valence-electron chi connectivity index (χ0n) is 14.3. The Bertz CT molecular complexity index is 824. The number of aromatic nitrogens is 2. The van der Waals surface area contributed by atoms with Gasteiger partial charge in [-0.05, 0) is 24.6 Å². The minimum Gasteiger partial charge on any atom is -0.496 e. The first-order valence-electron chi connectivity index (χ1n) is 8.10. The molecule has 0 aliphatic carbocycles. The maximum atomic E-state index is 12.5. The van der Waals surface area contributed by atoms with Gasteiger partial charge in [0.1, 0.15) is 17.6 Å². The fourth-order valence-corrected chi connectivity index (χ4v) is 2.76. The van der Waals surface area contributed by atoms with E-state index in [1.807, 2.05) is 41.9 Å². The first-order chi connectivity index (χ1) is 12.2. The summed E-state index contributed by atoms with van der Waals surface area (Å²) >= 11 is 0. The molecule has 1 aromatic carbocycles. The summed E-state index contributed by atoms with van der Waals surface area (Å²) in [5, 5.41) is 3.05. The predicted molar refractivity (Wildman–Crippen MR) is 93.2 cm³/mol. The number of nitrogens with zero attached hydrogens (tertiary/aromatic N) is 2. The van der Waals surface area contributed by atoms with E-state index in [1.165, 1.54) is 0 Å². The van der Waals surface area contributed by atoms with Crippen LogP contribution in [0.2, 0.25) is 0 Å². The fraction of sp³-hybridized carbons (Fsp3) is 0.263. The zero-order chi connectivity index (χ0) is 17.6. The fourth-order valence-electron chi connectivity index (χ4n) is 2.76. The van der Waals surface area contributed by atoms with Crippen LogP contribution in [0.1, 0.15) is 29.5 Å². The van der Waals surface area contributed by atoms with Crippen molar-refractivity contribution in [3.8, 4) is 5.75 Å². The van der Waals surface area contributed by atoms with E-state index in [4.69, 9.17) is 9.15 Å². The van der Waals surface area contributed by atoms with Crippen LogP contribution < -0.4 is 10.1 Å². The number of ether oxygens (including phenoxy) is 1. The van der Waals surface area contributed by atoms with E-state index >= 15 is 0 Å². The summed E-state index contributed by atoms with van der Waals surface area (Å²) in [4.78, 5) is 16.6. The Kier molecular flexibility index (Phi) is 5.18. The average molecular weight is 339 g/mol. The molecule has 0 aliphatic heterocycles. The van der Waals surface area contributed by atoms with E-state index < -0.39 is 6.04 Å². The third kappa shape index (κ3) is 3.91. The van der Waals surface area contributed by atoms with E-state index in [2.05, 4.69) is 10.3 Å². The maximum absolute atomic E-state index is 12.5. The average Bonchev–Trinajstić information content (AvgIpc) is 3.29. The second kappa shape index (κ2) is 7.70. The standard InChI is InChI=1S/C19H21N3O3/c1-22-13-20-12-14(22)9-10-18(23)21-19(17-8-5-11-25-17)15-6-3-4-7-16(15)24-2/h3-8,11-13,19H,9-10H2,1-2H3,(H,21,23)/t19-/m0/s1. The first kappa shape index (κ1) is 16.8. The summed E-state index contributed by atoms with van der Waals surface area (Å²) in [6.07, 6.45) is 6.09. The van der Waals surface area contributed by atoms with E-state index in [9.17, 15) is 4.79 Å². The van der Waals surface area contributed by atoms with Gasteiger partial charge < -0.3 is 19.0 Å². The minimum absolute atomic E-state index is 0.0616. The SMILES string of the molecule is COc1ccccc1[C@H](NC(=O)CCc1cncn1C)c1ccco1. The van der Waals surface area contributed by atoms with Gasteiger partial charge in [-0.25, -0.2) is 4.98 Å². The number of furan rings is 1. The quantitative estimate of drug-likeness (QED) is 0.719. The van der Waals surface area contributed by atoms with Crippen molar-refractivity contribution in [3.63, 3.8) is 0 Å². The van der Waals surface area contributed by atoms with Gasteiger partial charge >= 0.3 is 0 Å². The third-order valence-electron chi connectivity index (χ3n) is 4.11. The Morgan fingerprint density at radius 2 is 2.16 bits per heavy atom. The molecule has 0 saturated heterocycles. The molecule has 0 bridgehead atoms. The number of nitrogens with one attached hydrogen (secondary N) is 1. The smallest absolute Gasteiger partial charge is 0.221 e. The highest BCUT2D eigenvalue weighted by Gasteiger charge is 2.22. The van der Waals surface area contributed by atoms with Crippen molar-refractivity contribution in [2.75, 3.05) is 7.11 Å². The molecular weight excluding hydrogens is 318 g/mol. The number of carbonyl (C=O) groups is 1. The molecule has 6 nitrogen and oxygen atoms in total. The first-order valence-corrected chi connectivity index (χ1v) is 8.10. The van der Waals surface area contributed by atoms with Crippen molar-refractivity contribution in [2.45, 2.75) is 18.9 Å². The molecule has 1 atom stereocenters. The lowest BCUT2D eigenvalue weighted by atomic mass is 10.0. The lowest BCUT2D eigenvalue weighted by Gasteiger charge is -2.19. The number of aryl methyl sites for hydroxylation is 2. The summed E-state index contributed by atoms with van der Waals surface area (Å²) in [6, 6.07) is 10.9. The van der Waals surface area contributed by atoms with Gasteiger partial charge in [-0.1, -0.05) is 18.2 Å². The molecule has 3 aromatic rings. The molecule has 2 aromatic heterocycles. The van der Waals surface area contributed by atoms with Crippen molar-refractivity contribution < 1.29 is 13.9 Å². The molecule has 0 aliphatic rings. The summed E-state index contributed by atoms with van der Waals surface area (Å²) in [6.45, 7) is 0. The third-order valence-corrected chi connectivity index (χ3v) is 4.11. The van der Waals surface area contributed by atoms with Crippen molar-refractivity contribution in [1.29, 1.82) is 0 Å². The number of hydrogen-bond acceptors (Lipinski definition) is 4. The molecule has 0 radical (unpaired) electrons. The highest BCUT2D eigenvalue weighted by molar-refractivity contribution is 5.77. The molecule has 25 heavy (non-hydrogen) atoms. The van der Waals surface area contributed by atoms with Crippen LogP contribution in [0.5, 0.6) is 5.75 Å². The predicted octanol–water partition coefficient (Wildman–Crippen LogP) is 2.86. The zero-order valence-corrected chi connectivity index (χ0v) is 14.3. The molecular formula is C19H21N3O3. The van der Waals surface area contributed by atoms with Gasteiger partial charge in [0.05, 0.1) is 19.7 Å². The molecule has 0 saturated carbocycles. The van der Waals surface area contributed by atoms with Gasteiger partial charge in [-0.2, -0.15) is 0 Å². The molecule has 2 heterocycles. The normalized spacial score (nSPS) is 11.9. The Labute approximate surface area is 146 Å². The summed E-state index contributed by atoms with van der Waals surface area (Å²) in [7, 11) is 3.53. The summed E-state index contributed by atoms with van der Waals surface area (Å²) < 4.78 is 12.9. The molecule has 0 fully saturated rings. The second-order valence-corrected chi connectivity index (χ2v) is 5.75. The second-order valence-electron chi connectivity index (χ2n) is 5.75. The Hall–Kier alpha value is -3.02. The molecule has 0 unspecified atom stereocenters. The van der Waals surface area contributed by atoms with Crippen LogP contribution >= 0.6 is 0 Å². The van der Waals surface area contributed by atoms with Crippen LogP contribution in [0.25, 0.3) is 0 Å². The highest BCUT2D eigenvalue weighted by atomic mass is 16.5. The number of methoxy groups -OCH3 is 1. The topological polar surface area (TPSA) is 69.3 Å². The van der Waals surface area contributed by atoms with Crippen molar-refractivity contribution >= 4 is 5.91 Å². The largest absolute Gasteiger partial charge is 0.496 e. The number of amides is 1. The van der Waals surface area contributed by atoms with Crippen LogP contribution in [0.4, 0.5) is 0 Å². The lowest BCUT2D eigenvalue weighted by molar-refractivity contribution is -0.121. The van der Waals surface area contributed by atoms with Gasteiger partial charge in [-0.3, -0.25) is 4.79 Å². The maximum Gasteiger partial charge on any atom is 0.221 e. The molecule has 130 valence electrons. The van der Waals surface area contributed by atoms with E-state index in [0.717, 1.165) is 11.3 Å². The van der Waals surface area contributed by atoms with Crippen LogP contribution in [0.15, 0.2) is 59.6 Å². The molecule has 1 amide bonds. The van der Waals surface area contributed by atoms with E-state index in [1.54, 1.807) is 32.0 Å². The molecule has 3 rings (SSSR count). The number of benzene rings is 1. The number of rotatable bonds is 7. The minimum atomic E-state index is -0.398. The highest BCUT2D eigenvalue weighted by Crippen LogP contribution is 2.30. The Balaban J connectivity index is 1.76. The Morgan fingerprint density at radius 3 is 2.84 bits per heavy atom. The Morgan fingerprint density at radius 1 is 1.32 bits per heavy atom. The van der Waals surface area contributed by atoms with Crippen LogP contribution in [0.3, 0.4) is 0 Å². The summed E-state index contributed by atoms with van der Waals surface area (Å²) in [5.41, 5.74) is 1.87. The van der Waals surface area contributed by atoms with Crippen LogP contribution in [-0.2, 0) is 18.3 Å². The monoisotopic (exact) mass is 339 g/mol. The van der Waals surface area contributed by atoms with Crippen LogP contribution in [0, 0.1) is 0 Å². The van der Waals surface area contributed by atoms with E-state index in [0.29, 0.717) is 24.4 Å². The van der Waals surface area contributed by atoms with Crippen molar-refractivity contribution in [1.82, 2.24) is 14.9 Å². The number of carbonyl (C=O) groups excluding carboxylic acids is 1. The van der Waals surface area contributed by atoms with Gasteiger partial charge in [-0.15, -0.1) is 0 Å². The molecule has 6 heteroatoms. The number of hydrogen-bond donors (Lipinski definition) is 1. The number of para-hydroxylation sites is 1.